The zero-order chi connectivity index (χ0) is 10.8. The predicted molar refractivity (Wildman–Crippen MR) is 54.0 cm³/mol. The van der Waals surface area contributed by atoms with Crippen LogP contribution in [0, 0.1) is 5.41 Å². The van der Waals surface area contributed by atoms with Gasteiger partial charge in [0.05, 0.1) is 12.9 Å². The molecule has 80 valence electrons. The number of nitrogens with one attached hydrogen (secondary N) is 1. The smallest absolute Gasteiger partial charge is 0.358 e. The van der Waals surface area contributed by atoms with Gasteiger partial charge in [-0.1, -0.05) is 0 Å². The maximum atomic E-state index is 11.3. The zero-order valence-corrected chi connectivity index (χ0v) is 8.62. The lowest BCUT2D eigenvalue weighted by atomic mass is 10.2. The SMILES string of the molecule is CCOC(=O)C(=N)c1ncn2c1CCC2. The van der Waals surface area contributed by atoms with Gasteiger partial charge >= 0.3 is 5.97 Å². The maximum Gasteiger partial charge on any atom is 0.358 e. The number of aryl methyl sites for hydroxylation is 1. The van der Waals surface area contributed by atoms with Crippen LogP contribution in [0.4, 0.5) is 0 Å². The summed E-state index contributed by atoms with van der Waals surface area (Å²) in [5, 5.41) is 7.67. The van der Waals surface area contributed by atoms with Crippen LogP contribution < -0.4 is 0 Å². The maximum absolute atomic E-state index is 11.3. The van der Waals surface area contributed by atoms with E-state index in [0.717, 1.165) is 25.1 Å². The van der Waals surface area contributed by atoms with E-state index >= 15 is 0 Å². The van der Waals surface area contributed by atoms with Gasteiger partial charge in [-0.2, -0.15) is 0 Å². The first-order chi connectivity index (χ1) is 7.24. The largest absolute Gasteiger partial charge is 0.461 e. The summed E-state index contributed by atoms with van der Waals surface area (Å²) >= 11 is 0. The third-order valence-electron chi connectivity index (χ3n) is 2.48. The molecule has 1 aliphatic rings. The normalized spacial score (nSPS) is 13.7. The minimum atomic E-state index is -0.592. The molecule has 1 aromatic rings. The van der Waals surface area contributed by atoms with Gasteiger partial charge in [0, 0.05) is 12.2 Å². The highest BCUT2D eigenvalue weighted by molar-refractivity contribution is 6.41. The van der Waals surface area contributed by atoms with Crippen molar-refractivity contribution in [2.24, 2.45) is 0 Å². The summed E-state index contributed by atoms with van der Waals surface area (Å²) in [6, 6.07) is 0. The average molecular weight is 207 g/mol. The van der Waals surface area contributed by atoms with E-state index in [9.17, 15) is 4.79 Å². The van der Waals surface area contributed by atoms with E-state index in [0.29, 0.717) is 5.69 Å². The van der Waals surface area contributed by atoms with Crippen molar-refractivity contribution in [3.8, 4) is 0 Å². The van der Waals surface area contributed by atoms with Crippen molar-refractivity contribution < 1.29 is 9.53 Å². The Labute approximate surface area is 87.6 Å². The van der Waals surface area contributed by atoms with Crippen LogP contribution in [-0.2, 0) is 22.5 Å². The van der Waals surface area contributed by atoms with Crippen LogP contribution in [0.5, 0.6) is 0 Å². The van der Waals surface area contributed by atoms with Crippen molar-refractivity contribution in [1.82, 2.24) is 9.55 Å². The van der Waals surface area contributed by atoms with E-state index in [4.69, 9.17) is 10.1 Å². The zero-order valence-electron chi connectivity index (χ0n) is 8.62. The molecule has 0 aromatic carbocycles. The molecule has 0 fully saturated rings. The Morgan fingerprint density at radius 2 is 2.53 bits per heavy atom. The molecule has 2 rings (SSSR count). The first kappa shape index (κ1) is 9.89. The molecule has 0 aliphatic carbocycles. The van der Waals surface area contributed by atoms with Gasteiger partial charge in [0.1, 0.15) is 5.69 Å². The van der Waals surface area contributed by atoms with Gasteiger partial charge in [0.2, 0.25) is 0 Å². The molecule has 0 radical (unpaired) electrons. The Balaban J connectivity index is 2.23. The Morgan fingerprint density at radius 1 is 1.73 bits per heavy atom. The third-order valence-corrected chi connectivity index (χ3v) is 2.48. The molecule has 0 bridgehead atoms. The van der Waals surface area contributed by atoms with Crippen molar-refractivity contribution in [1.29, 1.82) is 5.41 Å². The topological polar surface area (TPSA) is 68.0 Å². The second-order valence-corrected chi connectivity index (χ2v) is 3.43. The van der Waals surface area contributed by atoms with Crippen LogP contribution in [-0.4, -0.2) is 27.8 Å². The van der Waals surface area contributed by atoms with Crippen molar-refractivity contribution in [3.05, 3.63) is 17.7 Å². The molecule has 2 heterocycles. The fourth-order valence-corrected chi connectivity index (χ4v) is 1.79. The molecule has 0 atom stereocenters. The highest BCUT2D eigenvalue weighted by atomic mass is 16.5. The van der Waals surface area contributed by atoms with Crippen LogP contribution in [0.1, 0.15) is 24.7 Å². The van der Waals surface area contributed by atoms with Gasteiger partial charge in [-0.15, -0.1) is 0 Å². The fourth-order valence-electron chi connectivity index (χ4n) is 1.79. The van der Waals surface area contributed by atoms with Crippen LogP contribution in [0.2, 0.25) is 0 Å². The molecule has 0 spiro atoms. The summed E-state index contributed by atoms with van der Waals surface area (Å²) in [6.07, 6.45) is 3.63. The fraction of sp³-hybridized carbons (Fsp3) is 0.500. The lowest BCUT2D eigenvalue weighted by molar-refractivity contribution is -0.135. The average Bonchev–Trinajstić information content (AvgIpc) is 2.77. The number of esters is 1. The second kappa shape index (κ2) is 3.84. The summed E-state index contributed by atoms with van der Waals surface area (Å²) in [5.74, 6) is -0.592. The number of fused-ring (bicyclic) bond motifs is 1. The Bertz CT molecular complexity index is 409. The minimum Gasteiger partial charge on any atom is -0.461 e. The first-order valence-corrected chi connectivity index (χ1v) is 5.04. The van der Waals surface area contributed by atoms with Crippen LogP contribution in [0.25, 0.3) is 0 Å². The molecular formula is C10H13N3O2. The van der Waals surface area contributed by atoms with E-state index < -0.39 is 5.97 Å². The quantitative estimate of drug-likeness (QED) is 0.587. The number of aromatic nitrogens is 2. The van der Waals surface area contributed by atoms with Crippen molar-refractivity contribution in [3.63, 3.8) is 0 Å². The van der Waals surface area contributed by atoms with Gasteiger partial charge in [0.25, 0.3) is 0 Å². The van der Waals surface area contributed by atoms with E-state index in [1.165, 1.54) is 0 Å². The monoisotopic (exact) mass is 207 g/mol. The molecule has 1 N–H and O–H groups in total. The summed E-state index contributed by atoms with van der Waals surface area (Å²) in [7, 11) is 0. The number of imidazole rings is 1. The predicted octanol–water partition coefficient (Wildman–Crippen LogP) is 0.760. The van der Waals surface area contributed by atoms with Crippen LogP contribution >= 0.6 is 0 Å². The second-order valence-electron chi connectivity index (χ2n) is 3.43. The van der Waals surface area contributed by atoms with Gasteiger partial charge < -0.3 is 9.30 Å². The number of carbonyl (C=O) groups excluding carboxylic acids is 1. The molecule has 5 nitrogen and oxygen atoms in total. The van der Waals surface area contributed by atoms with Crippen molar-refractivity contribution in [2.75, 3.05) is 6.61 Å². The summed E-state index contributed by atoms with van der Waals surface area (Å²) in [4.78, 5) is 15.4. The Hall–Kier alpha value is -1.65. The van der Waals surface area contributed by atoms with Gasteiger partial charge in [-0.25, -0.2) is 9.78 Å². The minimum absolute atomic E-state index is 0.132. The van der Waals surface area contributed by atoms with Gasteiger partial charge in [0.15, 0.2) is 5.71 Å². The standard InChI is InChI=1S/C10H13N3O2/c1-2-15-10(14)8(11)9-7-4-3-5-13(7)6-12-9/h6,11H,2-5H2,1H3. The molecule has 0 saturated carbocycles. The number of hydrogen-bond acceptors (Lipinski definition) is 4. The number of ether oxygens (including phenoxy) is 1. The Morgan fingerprint density at radius 3 is 3.27 bits per heavy atom. The van der Waals surface area contributed by atoms with E-state index in [1.807, 2.05) is 4.57 Å². The van der Waals surface area contributed by atoms with E-state index in [2.05, 4.69) is 4.98 Å². The molecule has 1 aliphatic heterocycles. The summed E-state index contributed by atoms with van der Waals surface area (Å²) < 4.78 is 6.76. The van der Waals surface area contributed by atoms with Gasteiger partial charge in [-0.05, 0) is 19.8 Å². The molecule has 0 amide bonds. The molecule has 0 unspecified atom stereocenters. The number of hydrogen-bond donors (Lipinski definition) is 1. The molecule has 5 heteroatoms. The molecule has 0 saturated heterocycles. The lowest BCUT2D eigenvalue weighted by Crippen LogP contribution is -2.19. The summed E-state index contributed by atoms with van der Waals surface area (Å²) in [6.45, 7) is 2.94. The summed E-state index contributed by atoms with van der Waals surface area (Å²) in [5.41, 5.74) is 1.33. The molecule has 1 aromatic heterocycles. The van der Waals surface area contributed by atoms with Crippen LogP contribution in [0.15, 0.2) is 6.33 Å². The number of rotatable bonds is 3. The number of carbonyl (C=O) groups is 1. The van der Waals surface area contributed by atoms with Gasteiger partial charge in [-0.3, -0.25) is 5.41 Å². The van der Waals surface area contributed by atoms with Crippen LogP contribution in [0.3, 0.4) is 0 Å². The van der Waals surface area contributed by atoms with Crippen molar-refractivity contribution in [2.45, 2.75) is 26.3 Å². The molecule has 15 heavy (non-hydrogen) atoms. The molecular weight excluding hydrogens is 194 g/mol. The third kappa shape index (κ3) is 1.65. The highest BCUT2D eigenvalue weighted by Gasteiger charge is 2.23. The Kier molecular flexibility index (Phi) is 2.53. The number of nitrogens with zero attached hydrogens (tertiary/aromatic N) is 2. The highest BCUT2D eigenvalue weighted by Crippen LogP contribution is 2.18. The van der Waals surface area contributed by atoms with E-state index in [1.54, 1.807) is 13.3 Å². The van der Waals surface area contributed by atoms with E-state index in [-0.39, 0.29) is 12.3 Å². The first-order valence-electron chi connectivity index (χ1n) is 5.04. The van der Waals surface area contributed by atoms with Crippen molar-refractivity contribution >= 4 is 11.7 Å². The lowest BCUT2D eigenvalue weighted by Gasteiger charge is -2.02.